The highest BCUT2D eigenvalue weighted by Crippen LogP contribution is 2.34. The number of halogens is 1. The van der Waals surface area contributed by atoms with E-state index >= 15 is 0 Å². The summed E-state index contributed by atoms with van der Waals surface area (Å²) >= 11 is 0. The van der Waals surface area contributed by atoms with Crippen LogP contribution in [0.2, 0.25) is 0 Å². The van der Waals surface area contributed by atoms with Gasteiger partial charge in [-0.15, -0.1) is 0 Å². The van der Waals surface area contributed by atoms with Crippen molar-refractivity contribution in [3.63, 3.8) is 0 Å². The molecule has 3 aromatic rings. The van der Waals surface area contributed by atoms with Crippen molar-refractivity contribution in [2.24, 2.45) is 0 Å². The Morgan fingerprint density at radius 3 is 2.49 bits per heavy atom. The molecule has 0 unspecified atom stereocenters. The van der Waals surface area contributed by atoms with Crippen LogP contribution in [0.1, 0.15) is 39.0 Å². The second kappa shape index (κ2) is 8.94. The molecule has 1 saturated heterocycles. The normalized spacial score (nSPS) is 15.4. The Morgan fingerprint density at radius 1 is 1.11 bits per heavy atom. The number of amides is 3. The molecule has 4 rings (SSSR count). The van der Waals surface area contributed by atoms with E-state index < -0.39 is 35.8 Å². The summed E-state index contributed by atoms with van der Waals surface area (Å²) < 4.78 is 20.0. The van der Waals surface area contributed by atoms with E-state index in [1.807, 2.05) is 0 Å². The van der Waals surface area contributed by atoms with Gasteiger partial charge in [0.1, 0.15) is 17.9 Å². The van der Waals surface area contributed by atoms with Gasteiger partial charge in [-0.05, 0) is 51.5 Å². The van der Waals surface area contributed by atoms with Gasteiger partial charge in [-0.2, -0.15) is 5.10 Å². The fourth-order valence-corrected chi connectivity index (χ4v) is 4.08. The molecule has 1 fully saturated rings. The Bertz CT molecular complexity index is 1400. The molecule has 1 N–H and O–H groups in total. The number of nitrogens with zero attached hydrogens (tertiary/aromatic N) is 3. The first-order chi connectivity index (χ1) is 16.5. The van der Waals surface area contributed by atoms with Crippen molar-refractivity contribution in [2.45, 2.75) is 45.8 Å². The first-order valence-electron chi connectivity index (χ1n) is 11.1. The second-order valence-electron chi connectivity index (χ2n) is 9.11. The summed E-state index contributed by atoms with van der Waals surface area (Å²) in [7, 11) is 0. The molecule has 10 heteroatoms. The summed E-state index contributed by atoms with van der Waals surface area (Å²) in [5.41, 5.74) is -0.807. The number of ether oxygens (including phenoxy) is 1. The summed E-state index contributed by atoms with van der Waals surface area (Å²) in [5, 5.41) is 7.70. The minimum absolute atomic E-state index is 0.217. The summed E-state index contributed by atoms with van der Waals surface area (Å²) in [5.74, 6) is -2.10. The molecular weight excluding hydrogens is 455 g/mol. The predicted molar refractivity (Wildman–Crippen MR) is 126 cm³/mol. The number of fused-ring (bicyclic) bond motifs is 1. The molecule has 0 spiro atoms. The smallest absolute Gasteiger partial charge is 0.332 e. The van der Waals surface area contributed by atoms with Crippen molar-refractivity contribution in [1.29, 1.82) is 0 Å². The minimum atomic E-state index is -1.38. The number of carbonyl (C=O) groups excluding carboxylic acids is 3. The van der Waals surface area contributed by atoms with Gasteiger partial charge in [-0.25, -0.2) is 19.2 Å². The van der Waals surface area contributed by atoms with Gasteiger partial charge in [0.25, 0.3) is 11.5 Å². The molecule has 0 saturated carbocycles. The van der Waals surface area contributed by atoms with Crippen molar-refractivity contribution in [3.8, 4) is 0 Å². The topological polar surface area (TPSA) is 113 Å². The molecule has 0 aliphatic carbocycles. The molecule has 35 heavy (non-hydrogen) atoms. The van der Waals surface area contributed by atoms with E-state index in [0.29, 0.717) is 22.0 Å². The van der Waals surface area contributed by atoms with E-state index in [9.17, 15) is 23.6 Å². The Kier molecular flexibility index (Phi) is 6.14. The van der Waals surface area contributed by atoms with Crippen LogP contribution in [0.3, 0.4) is 0 Å². The van der Waals surface area contributed by atoms with Crippen molar-refractivity contribution in [3.05, 3.63) is 69.9 Å². The lowest BCUT2D eigenvalue weighted by atomic mass is 10.0. The molecule has 1 aliphatic rings. The number of rotatable bonds is 6. The Labute approximate surface area is 200 Å². The largest absolute Gasteiger partial charge is 0.462 e. The highest BCUT2D eigenvalue weighted by molar-refractivity contribution is 6.23. The third kappa shape index (κ3) is 4.39. The number of hydrogen-bond donors (Lipinski definition) is 1. The number of aromatic nitrogens is 2. The molecule has 9 nitrogen and oxygen atoms in total. The van der Waals surface area contributed by atoms with Crippen LogP contribution >= 0.6 is 0 Å². The van der Waals surface area contributed by atoms with Crippen molar-refractivity contribution in [1.82, 2.24) is 15.1 Å². The molecule has 0 bridgehead atoms. The van der Waals surface area contributed by atoms with E-state index in [-0.39, 0.29) is 23.8 Å². The molecule has 0 atom stereocenters. The number of aromatic amines is 1. The van der Waals surface area contributed by atoms with E-state index in [4.69, 9.17) is 4.74 Å². The third-order valence-electron chi connectivity index (χ3n) is 5.88. The summed E-state index contributed by atoms with van der Waals surface area (Å²) in [6.45, 7) is 5.89. The van der Waals surface area contributed by atoms with E-state index in [2.05, 4.69) is 10.2 Å². The number of carbonyl (C=O) groups is 3. The number of H-pyrrole nitrogens is 1. The highest BCUT2D eigenvalue weighted by Gasteiger charge is 2.53. The second-order valence-corrected chi connectivity index (χ2v) is 9.11. The van der Waals surface area contributed by atoms with Crippen LogP contribution in [0.15, 0.2) is 47.3 Å². The third-order valence-corrected chi connectivity index (χ3v) is 5.88. The maximum absolute atomic E-state index is 14.9. The lowest BCUT2D eigenvalue weighted by Crippen LogP contribution is -2.47. The molecule has 2 heterocycles. The molecule has 0 radical (unpaired) electrons. The van der Waals surface area contributed by atoms with Crippen LogP contribution in [0.5, 0.6) is 0 Å². The van der Waals surface area contributed by atoms with Gasteiger partial charge >= 0.3 is 12.0 Å². The van der Waals surface area contributed by atoms with Crippen LogP contribution in [-0.4, -0.2) is 51.2 Å². The average molecular weight is 480 g/mol. The number of urea groups is 1. The van der Waals surface area contributed by atoms with E-state index in [0.717, 1.165) is 9.80 Å². The summed E-state index contributed by atoms with van der Waals surface area (Å²) in [4.78, 5) is 52.5. The predicted octanol–water partition coefficient (Wildman–Crippen LogP) is 3.15. The molecule has 182 valence electrons. The molecular formula is C25H25FN4O5. The molecule has 1 aromatic heterocycles. The minimum Gasteiger partial charge on any atom is -0.462 e. The zero-order valence-electron chi connectivity index (χ0n) is 19.8. The Hall–Kier alpha value is -4.08. The maximum atomic E-state index is 14.9. The van der Waals surface area contributed by atoms with Crippen LogP contribution in [0.4, 0.5) is 14.9 Å². The lowest BCUT2D eigenvalue weighted by Gasteiger charge is -2.26. The fourth-order valence-electron chi connectivity index (χ4n) is 4.08. The summed E-state index contributed by atoms with van der Waals surface area (Å²) in [6, 6.07) is 10.2. The standard InChI is InChI=1S/C25H25FN4O5/c1-14(2)35-21(31)13-29-24(34)30(23(33)25(29,3)4)20-12-15(9-10-18(20)26)11-19-16-7-5-6-8-17(16)22(32)28-27-19/h5-10,12,14H,11,13H2,1-4H3,(H,28,32). The van der Waals surface area contributed by atoms with Crippen LogP contribution in [-0.2, 0) is 20.7 Å². The van der Waals surface area contributed by atoms with Crippen LogP contribution in [0.25, 0.3) is 10.8 Å². The first kappa shape index (κ1) is 24.1. The van der Waals surface area contributed by atoms with Gasteiger partial charge in [0.2, 0.25) is 0 Å². The molecule has 1 aliphatic heterocycles. The van der Waals surface area contributed by atoms with Gasteiger partial charge in [0.05, 0.1) is 22.9 Å². The van der Waals surface area contributed by atoms with Gasteiger partial charge in [0.15, 0.2) is 0 Å². The van der Waals surface area contributed by atoms with Crippen molar-refractivity contribution < 1.29 is 23.5 Å². The number of anilines is 1. The number of nitrogens with one attached hydrogen (secondary N) is 1. The van der Waals surface area contributed by atoms with E-state index in [1.165, 1.54) is 32.0 Å². The van der Waals surface area contributed by atoms with E-state index in [1.54, 1.807) is 38.1 Å². The SMILES string of the molecule is CC(C)OC(=O)CN1C(=O)N(c2cc(Cc3n[nH]c(=O)c4ccccc34)ccc2F)C(=O)C1(C)C. The first-order valence-corrected chi connectivity index (χ1v) is 11.1. The Balaban J connectivity index is 1.68. The monoisotopic (exact) mass is 480 g/mol. The Morgan fingerprint density at radius 2 is 1.80 bits per heavy atom. The average Bonchev–Trinajstić information content (AvgIpc) is 2.96. The number of hydrogen-bond acceptors (Lipinski definition) is 6. The maximum Gasteiger partial charge on any atom is 0.332 e. The van der Waals surface area contributed by atoms with Crippen molar-refractivity contribution in [2.75, 3.05) is 11.4 Å². The molecule has 2 aromatic carbocycles. The van der Waals surface area contributed by atoms with Gasteiger partial charge in [-0.1, -0.05) is 24.3 Å². The number of benzene rings is 2. The van der Waals surface area contributed by atoms with Gasteiger partial charge in [-0.3, -0.25) is 19.3 Å². The quantitative estimate of drug-likeness (QED) is 0.428. The highest BCUT2D eigenvalue weighted by atomic mass is 19.1. The zero-order valence-corrected chi connectivity index (χ0v) is 19.8. The number of imide groups is 1. The van der Waals surface area contributed by atoms with Crippen molar-refractivity contribution >= 4 is 34.4 Å². The number of esters is 1. The fraction of sp³-hybridized carbons (Fsp3) is 0.320. The van der Waals surface area contributed by atoms with Crippen LogP contribution < -0.4 is 10.5 Å². The van der Waals surface area contributed by atoms with Gasteiger partial charge < -0.3 is 4.74 Å². The summed E-state index contributed by atoms with van der Waals surface area (Å²) in [6.07, 6.45) is -0.170. The molecule has 3 amide bonds. The van der Waals surface area contributed by atoms with Crippen LogP contribution in [0, 0.1) is 5.82 Å². The lowest BCUT2D eigenvalue weighted by molar-refractivity contribution is -0.149. The van der Waals surface area contributed by atoms with Gasteiger partial charge in [0, 0.05) is 11.8 Å². The zero-order chi connectivity index (χ0) is 25.5.